The lowest BCUT2D eigenvalue weighted by Crippen LogP contribution is -2.38. The number of benzene rings is 1. The monoisotopic (exact) mass is 292 g/mol. The molecule has 1 unspecified atom stereocenters. The SMILES string of the molecule is COCC1CCN(C(=O)NCc2ccc(C(=O)O)cc2)C1. The highest BCUT2D eigenvalue weighted by Crippen LogP contribution is 2.16. The Balaban J connectivity index is 1.80. The highest BCUT2D eigenvalue weighted by Gasteiger charge is 2.25. The molecule has 0 aromatic heterocycles. The summed E-state index contributed by atoms with van der Waals surface area (Å²) in [6.45, 7) is 2.54. The molecular weight excluding hydrogens is 272 g/mol. The molecule has 2 rings (SSSR count). The number of aromatic carboxylic acids is 1. The van der Waals surface area contributed by atoms with Crippen molar-refractivity contribution in [3.8, 4) is 0 Å². The summed E-state index contributed by atoms with van der Waals surface area (Å²) >= 11 is 0. The van der Waals surface area contributed by atoms with Crippen LogP contribution >= 0.6 is 0 Å². The van der Waals surface area contributed by atoms with Crippen molar-refractivity contribution in [2.45, 2.75) is 13.0 Å². The van der Waals surface area contributed by atoms with E-state index in [1.165, 1.54) is 12.1 Å². The first kappa shape index (κ1) is 15.3. The molecule has 0 saturated carbocycles. The fraction of sp³-hybridized carbons (Fsp3) is 0.467. The third kappa shape index (κ3) is 4.19. The number of rotatable bonds is 5. The van der Waals surface area contributed by atoms with E-state index in [0.717, 1.165) is 25.1 Å². The van der Waals surface area contributed by atoms with E-state index in [-0.39, 0.29) is 11.6 Å². The Hall–Kier alpha value is -2.08. The van der Waals surface area contributed by atoms with Gasteiger partial charge in [-0.15, -0.1) is 0 Å². The van der Waals surface area contributed by atoms with Gasteiger partial charge in [0.2, 0.25) is 0 Å². The zero-order valence-electron chi connectivity index (χ0n) is 12.0. The Labute approximate surface area is 123 Å². The second kappa shape index (κ2) is 7.08. The molecule has 1 aromatic rings. The van der Waals surface area contributed by atoms with E-state index in [2.05, 4.69) is 5.32 Å². The largest absolute Gasteiger partial charge is 0.478 e. The molecule has 1 atom stereocenters. The Morgan fingerprint density at radius 1 is 1.38 bits per heavy atom. The fourth-order valence-electron chi connectivity index (χ4n) is 2.44. The standard InChI is InChI=1S/C15H20N2O4/c1-21-10-12-6-7-17(9-12)15(20)16-8-11-2-4-13(5-3-11)14(18)19/h2-5,12H,6-10H2,1H3,(H,16,20)(H,18,19). The Morgan fingerprint density at radius 2 is 2.10 bits per heavy atom. The molecule has 6 heteroatoms. The normalized spacial score (nSPS) is 17.8. The zero-order chi connectivity index (χ0) is 15.2. The van der Waals surface area contributed by atoms with Crippen molar-refractivity contribution in [3.63, 3.8) is 0 Å². The van der Waals surface area contributed by atoms with Crippen molar-refractivity contribution in [2.75, 3.05) is 26.8 Å². The van der Waals surface area contributed by atoms with Gasteiger partial charge in [-0.25, -0.2) is 9.59 Å². The molecule has 2 N–H and O–H groups in total. The third-order valence-electron chi connectivity index (χ3n) is 3.62. The molecule has 1 aromatic carbocycles. The number of hydrogen-bond acceptors (Lipinski definition) is 3. The Bertz CT molecular complexity index is 501. The number of carbonyl (C=O) groups is 2. The molecule has 1 saturated heterocycles. The van der Waals surface area contributed by atoms with Gasteiger partial charge < -0.3 is 20.1 Å². The summed E-state index contributed by atoms with van der Waals surface area (Å²) in [7, 11) is 1.67. The van der Waals surface area contributed by atoms with Crippen LogP contribution in [0.15, 0.2) is 24.3 Å². The summed E-state index contributed by atoms with van der Waals surface area (Å²) in [6.07, 6.45) is 0.967. The van der Waals surface area contributed by atoms with Crippen LogP contribution in [0.25, 0.3) is 0 Å². The third-order valence-corrected chi connectivity index (χ3v) is 3.62. The minimum atomic E-state index is -0.952. The predicted octanol–water partition coefficient (Wildman–Crippen LogP) is 1.56. The zero-order valence-corrected chi connectivity index (χ0v) is 12.0. The van der Waals surface area contributed by atoms with Gasteiger partial charge >= 0.3 is 12.0 Å². The van der Waals surface area contributed by atoms with Gasteiger partial charge in [0, 0.05) is 32.7 Å². The minimum Gasteiger partial charge on any atom is -0.478 e. The van der Waals surface area contributed by atoms with E-state index in [4.69, 9.17) is 9.84 Å². The molecule has 1 fully saturated rings. The van der Waals surface area contributed by atoms with Crippen molar-refractivity contribution in [1.82, 2.24) is 10.2 Å². The molecule has 1 aliphatic heterocycles. The lowest BCUT2D eigenvalue weighted by molar-refractivity contribution is 0.0697. The summed E-state index contributed by atoms with van der Waals surface area (Å²) in [5.74, 6) is -0.539. The minimum absolute atomic E-state index is 0.0871. The summed E-state index contributed by atoms with van der Waals surface area (Å²) in [6, 6.07) is 6.40. The van der Waals surface area contributed by atoms with Crippen molar-refractivity contribution in [1.29, 1.82) is 0 Å². The molecular formula is C15H20N2O4. The number of likely N-dealkylation sites (tertiary alicyclic amines) is 1. The summed E-state index contributed by atoms with van der Waals surface area (Å²) in [4.78, 5) is 24.6. The van der Waals surface area contributed by atoms with Gasteiger partial charge in [-0.3, -0.25) is 0 Å². The van der Waals surface area contributed by atoms with Crippen LogP contribution in [0.3, 0.4) is 0 Å². The number of carboxylic acid groups (broad SMARTS) is 1. The van der Waals surface area contributed by atoms with Crippen LogP contribution in [0.4, 0.5) is 4.79 Å². The molecule has 21 heavy (non-hydrogen) atoms. The first-order chi connectivity index (χ1) is 10.1. The van der Waals surface area contributed by atoms with E-state index < -0.39 is 5.97 Å². The van der Waals surface area contributed by atoms with Gasteiger partial charge in [0.1, 0.15) is 0 Å². The number of nitrogens with one attached hydrogen (secondary N) is 1. The van der Waals surface area contributed by atoms with Gasteiger partial charge in [-0.05, 0) is 24.1 Å². The molecule has 0 spiro atoms. The molecule has 1 aliphatic rings. The van der Waals surface area contributed by atoms with Crippen LogP contribution < -0.4 is 5.32 Å². The first-order valence-corrected chi connectivity index (χ1v) is 6.94. The number of urea groups is 1. The molecule has 114 valence electrons. The van der Waals surface area contributed by atoms with Crippen LogP contribution in [0.1, 0.15) is 22.3 Å². The lowest BCUT2D eigenvalue weighted by atomic mass is 10.1. The summed E-state index contributed by atoms with van der Waals surface area (Å²) in [5.41, 5.74) is 1.12. The molecule has 2 amide bonds. The molecule has 0 bridgehead atoms. The number of amides is 2. The quantitative estimate of drug-likeness (QED) is 0.863. The van der Waals surface area contributed by atoms with Gasteiger partial charge in [0.05, 0.1) is 12.2 Å². The molecule has 1 heterocycles. The topological polar surface area (TPSA) is 78.9 Å². The maximum atomic E-state index is 12.0. The molecule has 0 aliphatic carbocycles. The van der Waals surface area contributed by atoms with Gasteiger partial charge in [0.25, 0.3) is 0 Å². The van der Waals surface area contributed by atoms with Crippen molar-refractivity contribution >= 4 is 12.0 Å². The number of hydrogen-bond donors (Lipinski definition) is 2. The molecule has 6 nitrogen and oxygen atoms in total. The maximum absolute atomic E-state index is 12.0. The van der Waals surface area contributed by atoms with E-state index in [9.17, 15) is 9.59 Å². The van der Waals surface area contributed by atoms with Gasteiger partial charge in [0.15, 0.2) is 0 Å². The van der Waals surface area contributed by atoms with Crippen LogP contribution in [-0.2, 0) is 11.3 Å². The summed E-state index contributed by atoms with van der Waals surface area (Å²) in [5, 5.41) is 11.7. The second-order valence-electron chi connectivity index (χ2n) is 5.22. The van der Waals surface area contributed by atoms with Crippen molar-refractivity contribution < 1.29 is 19.4 Å². The number of ether oxygens (including phenoxy) is 1. The predicted molar refractivity (Wildman–Crippen MR) is 77.2 cm³/mol. The van der Waals surface area contributed by atoms with Crippen LogP contribution in [0.2, 0.25) is 0 Å². The van der Waals surface area contributed by atoms with Crippen LogP contribution in [0, 0.1) is 5.92 Å². The van der Waals surface area contributed by atoms with Crippen molar-refractivity contribution in [3.05, 3.63) is 35.4 Å². The van der Waals surface area contributed by atoms with E-state index in [1.807, 2.05) is 0 Å². The number of carbonyl (C=O) groups excluding carboxylic acids is 1. The highest BCUT2D eigenvalue weighted by atomic mass is 16.5. The number of carboxylic acids is 1. The number of nitrogens with zero attached hydrogens (tertiary/aromatic N) is 1. The first-order valence-electron chi connectivity index (χ1n) is 6.94. The van der Waals surface area contributed by atoms with Crippen molar-refractivity contribution in [2.24, 2.45) is 5.92 Å². The Morgan fingerprint density at radius 3 is 2.71 bits per heavy atom. The summed E-state index contributed by atoms with van der Waals surface area (Å²) < 4.78 is 5.11. The highest BCUT2D eigenvalue weighted by molar-refractivity contribution is 5.87. The van der Waals surface area contributed by atoms with Crippen LogP contribution in [-0.4, -0.2) is 48.8 Å². The van der Waals surface area contributed by atoms with Crippen LogP contribution in [0.5, 0.6) is 0 Å². The van der Waals surface area contributed by atoms with Gasteiger partial charge in [-0.1, -0.05) is 12.1 Å². The van der Waals surface area contributed by atoms with E-state index in [0.29, 0.717) is 19.1 Å². The average Bonchev–Trinajstić information content (AvgIpc) is 2.94. The van der Waals surface area contributed by atoms with Gasteiger partial charge in [-0.2, -0.15) is 0 Å². The smallest absolute Gasteiger partial charge is 0.335 e. The number of methoxy groups -OCH3 is 1. The lowest BCUT2D eigenvalue weighted by Gasteiger charge is -2.17. The van der Waals surface area contributed by atoms with E-state index >= 15 is 0 Å². The molecule has 0 radical (unpaired) electrons. The average molecular weight is 292 g/mol. The Kier molecular flexibility index (Phi) is 5.16. The maximum Gasteiger partial charge on any atom is 0.335 e. The fourth-order valence-corrected chi connectivity index (χ4v) is 2.44. The van der Waals surface area contributed by atoms with E-state index in [1.54, 1.807) is 24.1 Å². The second-order valence-corrected chi connectivity index (χ2v) is 5.22.